The van der Waals surface area contributed by atoms with Gasteiger partial charge in [-0.2, -0.15) is 0 Å². The predicted octanol–water partition coefficient (Wildman–Crippen LogP) is 1.72. The van der Waals surface area contributed by atoms with E-state index in [0.29, 0.717) is 4.47 Å². The van der Waals surface area contributed by atoms with E-state index in [1.54, 1.807) is 6.07 Å². The summed E-state index contributed by atoms with van der Waals surface area (Å²) in [5.41, 5.74) is 0.245. The molecule has 1 aromatic rings. The fourth-order valence-corrected chi connectivity index (χ4v) is 1.69. The van der Waals surface area contributed by atoms with Crippen LogP contribution in [0.1, 0.15) is 12.5 Å². The molecule has 0 bridgehead atoms. The Morgan fingerprint density at radius 1 is 1.53 bits per heavy atom. The molecule has 17 heavy (non-hydrogen) atoms. The number of benzene rings is 1. The maximum absolute atomic E-state index is 13.5. The Bertz CT molecular complexity index is 450. The number of halogens is 2. The minimum atomic E-state index is -1.19. The lowest BCUT2D eigenvalue weighted by Gasteiger charge is -2.13. The fourth-order valence-electron chi connectivity index (χ4n) is 1.35. The van der Waals surface area contributed by atoms with E-state index in [-0.39, 0.29) is 12.0 Å². The number of rotatable bonds is 4. The van der Waals surface area contributed by atoms with Crippen molar-refractivity contribution in [3.05, 3.63) is 34.1 Å². The lowest BCUT2D eigenvalue weighted by Crippen LogP contribution is -2.41. The summed E-state index contributed by atoms with van der Waals surface area (Å²) in [7, 11) is 0. The second-order valence-electron chi connectivity index (χ2n) is 3.53. The summed E-state index contributed by atoms with van der Waals surface area (Å²) >= 11 is 3.11. The van der Waals surface area contributed by atoms with Crippen LogP contribution in [0.25, 0.3) is 0 Å². The largest absolute Gasteiger partial charge is 0.480 e. The quantitative estimate of drug-likeness (QED) is 0.890. The van der Waals surface area contributed by atoms with E-state index in [0.717, 1.165) is 0 Å². The molecule has 1 atom stereocenters. The summed E-state index contributed by atoms with van der Waals surface area (Å²) in [6.07, 6.45) is -0.0893. The molecular weight excluding hydrogens is 293 g/mol. The minimum Gasteiger partial charge on any atom is -0.480 e. The fraction of sp³-hybridized carbons (Fsp3) is 0.273. The lowest BCUT2D eigenvalue weighted by molar-refractivity contribution is -0.141. The molecular formula is C11H11BrFNO3. The molecule has 6 heteroatoms. The molecule has 0 heterocycles. The third kappa shape index (κ3) is 4.14. The van der Waals surface area contributed by atoms with E-state index in [2.05, 4.69) is 21.2 Å². The second kappa shape index (κ2) is 5.77. The van der Waals surface area contributed by atoms with Crippen molar-refractivity contribution >= 4 is 27.8 Å². The van der Waals surface area contributed by atoms with E-state index in [4.69, 9.17) is 5.11 Å². The average molecular weight is 304 g/mol. The molecule has 0 unspecified atom stereocenters. The number of carbonyl (C=O) groups excluding carboxylic acids is 1. The molecule has 1 amide bonds. The second-order valence-corrected chi connectivity index (χ2v) is 4.45. The first kappa shape index (κ1) is 13.6. The minimum absolute atomic E-state index is 0.0893. The highest BCUT2D eigenvalue weighted by atomic mass is 79.9. The molecule has 0 fully saturated rings. The molecule has 1 aromatic carbocycles. The van der Waals surface area contributed by atoms with Gasteiger partial charge in [-0.05, 0) is 17.7 Å². The van der Waals surface area contributed by atoms with Gasteiger partial charge in [0.2, 0.25) is 5.91 Å². The number of aliphatic carboxylic acids is 1. The van der Waals surface area contributed by atoms with Gasteiger partial charge in [-0.1, -0.05) is 22.0 Å². The van der Waals surface area contributed by atoms with Gasteiger partial charge in [0.1, 0.15) is 11.9 Å². The summed E-state index contributed by atoms with van der Waals surface area (Å²) in [4.78, 5) is 21.7. The van der Waals surface area contributed by atoms with E-state index in [1.807, 2.05) is 0 Å². The van der Waals surface area contributed by atoms with Gasteiger partial charge < -0.3 is 10.4 Å². The highest BCUT2D eigenvalue weighted by Crippen LogP contribution is 2.16. The smallest absolute Gasteiger partial charge is 0.326 e. The molecule has 92 valence electrons. The Balaban J connectivity index is 2.86. The Morgan fingerprint density at radius 3 is 2.65 bits per heavy atom. The van der Waals surface area contributed by atoms with Crippen molar-refractivity contribution in [2.45, 2.75) is 19.4 Å². The molecule has 1 rings (SSSR count). The maximum atomic E-state index is 13.5. The van der Waals surface area contributed by atoms with Crippen LogP contribution < -0.4 is 5.32 Å². The van der Waals surface area contributed by atoms with Crippen molar-refractivity contribution in [2.24, 2.45) is 0 Å². The van der Waals surface area contributed by atoms with Gasteiger partial charge in [0, 0.05) is 17.8 Å². The van der Waals surface area contributed by atoms with Crippen LogP contribution in [0.15, 0.2) is 22.7 Å². The molecule has 0 aliphatic rings. The first-order chi connectivity index (χ1) is 7.90. The molecule has 0 aliphatic carbocycles. The first-order valence-corrected chi connectivity index (χ1v) is 5.63. The van der Waals surface area contributed by atoms with Gasteiger partial charge >= 0.3 is 5.97 Å². The molecule has 2 N–H and O–H groups in total. The van der Waals surface area contributed by atoms with E-state index in [1.165, 1.54) is 19.1 Å². The Morgan fingerprint density at radius 2 is 2.18 bits per heavy atom. The standard InChI is InChI=1S/C11H11BrFNO3/c1-6(15)14-10(11(16)17)4-7-2-3-8(12)5-9(7)13/h2-3,5,10H,4H2,1H3,(H,14,15)(H,16,17)/t10-/m1/s1. The van der Waals surface area contributed by atoms with Crippen molar-refractivity contribution < 1.29 is 19.1 Å². The Hall–Kier alpha value is -1.43. The zero-order valence-corrected chi connectivity index (χ0v) is 10.6. The van der Waals surface area contributed by atoms with Gasteiger partial charge in [0.15, 0.2) is 0 Å². The van der Waals surface area contributed by atoms with Crippen LogP contribution in [0, 0.1) is 5.82 Å². The normalized spacial score (nSPS) is 11.9. The third-order valence-corrected chi connectivity index (χ3v) is 2.61. The molecule has 4 nitrogen and oxygen atoms in total. The van der Waals surface area contributed by atoms with Crippen molar-refractivity contribution in [3.8, 4) is 0 Å². The monoisotopic (exact) mass is 303 g/mol. The van der Waals surface area contributed by atoms with Crippen molar-refractivity contribution in [1.29, 1.82) is 0 Å². The van der Waals surface area contributed by atoms with Crippen LogP contribution in [0.4, 0.5) is 4.39 Å². The average Bonchev–Trinajstić information content (AvgIpc) is 2.19. The van der Waals surface area contributed by atoms with Crippen molar-refractivity contribution in [1.82, 2.24) is 5.32 Å². The highest BCUT2D eigenvalue weighted by Gasteiger charge is 2.20. The Labute approximate surface area is 106 Å². The number of carboxylic acids is 1. The molecule has 0 saturated heterocycles. The van der Waals surface area contributed by atoms with Crippen molar-refractivity contribution in [3.63, 3.8) is 0 Å². The van der Waals surface area contributed by atoms with E-state index in [9.17, 15) is 14.0 Å². The van der Waals surface area contributed by atoms with Crippen LogP contribution in [0.5, 0.6) is 0 Å². The number of hydrogen-bond acceptors (Lipinski definition) is 2. The van der Waals surface area contributed by atoms with Gasteiger partial charge in [-0.25, -0.2) is 9.18 Å². The summed E-state index contributed by atoms with van der Waals surface area (Å²) in [5.74, 6) is -2.16. The Kier molecular flexibility index (Phi) is 4.62. The summed E-state index contributed by atoms with van der Waals surface area (Å²) in [6, 6.07) is 3.23. The summed E-state index contributed by atoms with van der Waals surface area (Å²) in [5, 5.41) is 11.1. The summed E-state index contributed by atoms with van der Waals surface area (Å²) in [6.45, 7) is 1.22. The number of carbonyl (C=O) groups is 2. The van der Waals surface area contributed by atoms with Gasteiger partial charge in [-0.3, -0.25) is 4.79 Å². The number of hydrogen-bond donors (Lipinski definition) is 2. The maximum Gasteiger partial charge on any atom is 0.326 e. The molecule has 0 aromatic heterocycles. The summed E-state index contributed by atoms with van der Waals surface area (Å²) < 4.78 is 14.1. The SMILES string of the molecule is CC(=O)N[C@H](Cc1ccc(Br)cc1F)C(=O)O. The van der Waals surface area contributed by atoms with E-state index >= 15 is 0 Å². The zero-order chi connectivity index (χ0) is 13.0. The van der Waals surface area contributed by atoms with Gasteiger partial charge in [0.25, 0.3) is 0 Å². The third-order valence-electron chi connectivity index (χ3n) is 2.11. The predicted molar refractivity (Wildman–Crippen MR) is 63.0 cm³/mol. The molecule has 0 saturated carbocycles. The van der Waals surface area contributed by atoms with Crippen LogP contribution in [0.3, 0.4) is 0 Å². The number of nitrogens with one attached hydrogen (secondary N) is 1. The molecule has 0 aliphatic heterocycles. The van der Waals surface area contributed by atoms with Crippen LogP contribution in [-0.4, -0.2) is 23.0 Å². The van der Waals surface area contributed by atoms with Crippen LogP contribution >= 0.6 is 15.9 Å². The number of carboxylic acid groups (broad SMARTS) is 1. The van der Waals surface area contributed by atoms with Gasteiger partial charge in [0.05, 0.1) is 0 Å². The van der Waals surface area contributed by atoms with Crippen molar-refractivity contribution in [2.75, 3.05) is 0 Å². The molecule has 0 radical (unpaired) electrons. The topological polar surface area (TPSA) is 66.4 Å². The van der Waals surface area contributed by atoms with Crippen LogP contribution in [0.2, 0.25) is 0 Å². The van der Waals surface area contributed by atoms with Crippen LogP contribution in [-0.2, 0) is 16.0 Å². The number of amides is 1. The lowest BCUT2D eigenvalue weighted by atomic mass is 10.1. The van der Waals surface area contributed by atoms with Gasteiger partial charge in [-0.15, -0.1) is 0 Å². The molecule has 0 spiro atoms. The highest BCUT2D eigenvalue weighted by molar-refractivity contribution is 9.10. The van der Waals surface area contributed by atoms with E-state index < -0.39 is 23.7 Å². The first-order valence-electron chi connectivity index (χ1n) is 4.84. The zero-order valence-electron chi connectivity index (χ0n) is 9.04.